The van der Waals surface area contributed by atoms with E-state index in [-0.39, 0.29) is 10.7 Å². The highest BCUT2D eigenvalue weighted by molar-refractivity contribution is 6.32. The van der Waals surface area contributed by atoms with Gasteiger partial charge in [-0.3, -0.25) is 25.1 Å². The Kier molecular flexibility index (Phi) is 9.07. The Balaban J connectivity index is 1.86. The first-order chi connectivity index (χ1) is 15.2. The maximum Gasteiger partial charge on any atom is 0.343 e. The minimum atomic E-state index is -0.754. The third kappa shape index (κ3) is 6.46. The van der Waals surface area contributed by atoms with Gasteiger partial charge >= 0.3 is 5.97 Å². The van der Waals surface area contributed by atoms with E-state index in [0.29, 0.717) is 23.7 Å². The van der Waals surface area contributed by atoms with Gasteiger partial charge in [0, 0.05) is 30.9 Å². The van der Waals surface area contributed by atoms with Gasteiger partial charge in [0.05, 0.1) is 5.69 Å². The first kappa shape index (κ1) is 25.2. The van der Waals surface area contributed by atoms with Crippen LogP contribution in [0.15, 0.2) is 24.3 Å². The lowest BCUT2D eigenvalue weighted by Gasteiger charge is -2.21. The summed E-state index contributed by atoms with van der Waals surface area (Å²) < 4.78 is 6.56. The molecular formula is C22H30ClN5O4. The summed E-state index contributed by atoms with van der Waals surface area (Å²) in [5.74, 6) is -1.63. The zero-order chi connectivity index (χ0) is 23.8. The van der Waals surface area contributed by atoms with E-state index in [0.717, 1.165) is 18.8 Å². The molecule has 0 saturated carbocycles. The summed E-state index contributed by atoms with van der Waals surface area (Å²) in [6.45, 7) is 11.5. The van der Waals surface area contributed by atoms with Crippen molar-refractivity contribution in [3.63, 3.8) is 0 Å². The molecule has 1 aromatic heterocycles. The van der Waals surface area contributed by atoms with Gasteiger partial charge in [0.1, 0.15) is 10.7 Å². The minimum Gasteiger partial charge on any atom is -0.452 e. The van der Waals surface area contributed by atoms with Gasteiger partial charge in [0.2, 0.25) is 0 Å². The molecule has 174 valence electrons. The molecule has 10 heteroatoms. The Morgan fingerprint density at radius 2 is 1.75 bits per heavy atom. The van der Waals surface area contributed by atoms with Crippen LogP contribution in [-0.4, -0.2) is 47.3 Å². The monoisotopic (exact) mass is 463 g/mol. The third-order valence-corrected chi connectivity index (χ3v) is 5.10. The third-order valence-electron chi connectivity index (χ3n) is 4.72. The summed E-state index contributed by atoms with van der Waals surface area (Å²) in [7, 11) is 0. The van der Waals surface area contributed by atoms with Crippen LogP contribution in [0.5, 0.6) is 0 Å². The molecule has 0 radical (unpaired) electrons. The van der Waals surface area contributed by atoms with Crippen LogP contribution < -0.4 is 15.8 Å². The number of anilines is 1. The van der Waals surface area contributed by atoms with Crippen LogP contribution in [0.2, 0.25) is 5.15 Å². The van der Waals surface area contributed by atoms with Crippen molar-refractivity contribution >= 4 is 35.1 Å². The fraction of sp³-hybridized carbons (Fsp3) is 0.455. The van der Waals surface area contributed by atoms with Gasteiger partial charge in [-0.05, 0) is 51.0 Å². The number of aryl methyl sites for hydroxylation is 1. The minimum absolute atomic E-state index is 0.123. The summed E-state index contributed by atoms with van der Waals surface area (Å²) in [6, 6.07) is 7.04. The van der Waals surface area contributed by atoms with Crippen LogP contribution in [-0.2, 0) is 16.1 Å². The molecule has 1 heterocycles. The number of nitrogens with zero attached hydrogens (tertiary/aromatic N) is 3. The number of amides is 2. The summed E-state index contributed by atoms with van der Waals surface area (Å²) >= 11 is 6.24. The van der Waals surface area contributed by atoms with E-state index in [4.69, 9.17) is 16.3 Å². The van der Waals surface area contributed by atoms with Crippen molar-refractivity contribution in [2.75, 3.05) is 24.6 Å². The maximum absolute atomic E-state index is 12.4. The number of aromatic nitrogens is 2. The largest absolute Gasteiger partial charge is 0.452 e. The Morgan fingerprint density at radius 3 is 2.31 bits per heavy atom. The average Bonchev–Trinajstić information content (AvgIpc) is 3.03. The highest BCUT2D eigenvalue weighted by atomic mass is 35.5. The van der Waals surface area contributed by atoms with Gasteiger partial charge in [-0.2, -0.15) is 5.10 Å². The first-order valence-corrected chi connectivity index (χ1v) is 10.9. The van der Waals surface area contributed by atoms with Crippen molar-refractivity contribution in [1.82, 2.24) is 20.6 Å². The van der Waals surface area contributed by atoms with Crippen molar-refractivity contribution in [3.8, 4) is 0 Å². The molecule has 0 aliphatic rings. The highest BCUT2D eigenvalue weighted by Crippen LogP contribution is 2.21. The number of halogens is 1. The Bertz CT molecular complexity index is 952. The van der Waals surface area contributed by atoms with Gasteiger partial charge in [-0.25, -0.2) is 4.79 Å². The van der Waals surface area contributed by atoms with Crippen LogP contribution >= 0.6 is 11.6 Å². The van der Waals surface area contributed by atoms with Crippen LogP contribution in [0.3, 0.4) is 0 Å². The van der Waals surface area contributed by atoms with Crippen LogP contribution in [0.1, 0.15) is 54.1 Å². The number of hydrogen-bond donors (Lipinski definition) is 2. The number of hydrazine groups is 1. The molecule has 0 unspecified atom stereocenters. The number of rotatable bonds is 9. The Morgan fingerprint density at radius 1 is 1.12 bits per heavy atom. The normalized spacial score (nSPS) is 10.7. The van der Waals surface area contributed by atoms with Crippen molar-refractivity contribution in [1.29, 1.82) is 0 Å². The fourth-order valence-corrected chi connectivity index (χ4v) is 3.42. The van der Waals surface area contributed by atoms with E-state index in [9.17, 15) is 14.4 Å². The van der Waals surface area contributed by atoms with E-state index in [1.807, 2.05) is 26.0 Å². The SMILES string of the molecule is CCN(CC)c1ccc(C(=O)NNC(=O)COC(=O)c2c(C)nn(CC(C)C)c2Cl)cc1. The molecule has 0 fully saturated rings. The summed E-state index contributed by atoms with van der Waals surface area (Å²) in [6.07, 6.45) is 0. The number of esters is 1. The number of benzene rings is 1. The summed E-state index contributed by atoms with van der Waals surface area (Å²) in [4.78, 5) is 38.7. The van der Waals surface area contributed by atoms with E-state index >= 15 is 0 Å². The molecule has 0 saturated heterocycles. The molecule has 2 N–H and O–H groups in total. The zero-order valence-electron chi connectivity index (χ0n) is 19.1. The van der Waals surface area contributed by atoms with Gasteiger partial charge in [0.15, 0.2) is 6.61 Å². The summed E-state index contributed by atoms with van der Waals surface area (Å²) in [5.41, 5.74) is 6.47. The second-order valence-electron chi connectivity index (χ2n) is 7.62. The van der Waals surface area contributed by atoms with Gasteiger partial charge < -0.3 is 9.64 Å². The smallest absolute Gasteiger partial charge is 0.343 e. The van der Waals surface area contributed by atoms with Gasteiger partial charge in [-0.1, -0.05) is 25.4 Å². The molecule has 0 spiro atoms. The number of carbonyl (C=O) groups is 3. The van der Waals surface area contributed by atoms with Crippen molar-refractivity contribution < 1.29 is 19.1 Å². The molecule has 0 atom stereocenters. The first-order valence-electron chi connectivity index (χ1n) is 10.5. The van der Waals surface area contributed by atoms with Gasteiger partial charge in [0.25, 0.3) is 11.8 Å². The number of nitrogens with one attached hydrogen (secondary N) is 2. The van der Waals surface area contributed by atoms with Crippen LogP contribution in [0.4, 0.5) is 5.69 Å². The second-order valence-corrected chi connectivity index (χ2v) is 7.98. The van der Waals surface area contributed by atoms with Crippen molar-refractivity contribution in [3.05, 3.63) is 46.2 Å². The highest BCUT2D eigenvalue weighted by Gasteiger charge is 2.23. The average molecular weight is 464 g/mol. The van der Waals surface area contributed by atoms with E-state index in [1.54, 1.807) is 19.1 Å². The molecule has 2 amide bonds. The Labute approximate surface area is 193 Å². The predicted octanol–water partition coefficient (Wildman–Crippen LogP) is 2.97. The molecular weight excluding hydrogens is 434 g/mol. The molecule has 1 aromatic carbocycles. The molecule has 0 bridgehead atoms. The molecule has 0 aliphatic heterocycles. The number of carbonyl (C=O) groups excluding carboxylic acids is 3. The lowest BCUT2D eigenvalue weighted by Crippen LogP contribution is -2.43. The fourth-order valence-electron chi connectivity index (χ4n) is 3.10. The number of hydrogen-bond acceptors (Lipinski definition) is 6. The lowest BCUT2D eigenvalue weighted by atomic mass is 10.2. The molecule has 0 aliphatic carbocycles. The molecule has 2 aromatic rings. The Hall–Kier alpha value is -3.07. The topological polar surface area (TPSA) is 106 Å². The predicted molar refractivity (Wildman–Crippen MR) is 123 cm³/mol. The van der Waals surface area contributed by atoms with E-state index < -0.39 is 24.4 Å². The zero-order valence-corrected chi connectivity index (χ0v) is 19.8. The maximum atomic E-state index is 12.4. The molecule has 9 nitrogen and oxygen atoms in total. The second kappa shape index (κ2) is 11.5. The van der Waals surface area contributed by atoms with Crippen molar-refractivity contribution in [2.24, 2.45) is 5.92 Å². The van der Waals surface area contributed by atoms with Crippen LogP contribution in [0.25, 0.3) is 0 Å². The van der Waals surface area contributed by atoms with Crippen molar-refractivity contribution in [2.45, 2.75) is 41.2 Å². The molecule has 2 rings (SSSR count). The summed E-state index contributed by atoms with van der Waals surface area (Å²) in [5, 5.41) is 4.41. The van der Waals surface area contributed by atoms with E-state index in [1.165, 1.54) is 4.68 Å². The number of ether oxygens (including phenoxy) is 1. The van der Waals surface area contributed by atoms with Gasteiger partial charge in [-0.15, -0.1) is 0 Å². The van der Waals surface area contributed by atoms with E-state index in [2.05, 4.69) is 34.7 Å². The van der Waals surface area contributed by atoms with Crippen LogP contribution in [0, 0.1) is 12.8 Å². The molecule has 32 heavy (non-hydrogen) atoms. The lowest BCUT2D eigenvalue weighted by molar-refractivity contribution is -0.125. The quantitative estimate of drug-likeness (QED) is 0.437. The standard InChI is InChI=1S/C22H30ClN5O4/c1-6-27(7-2)17-10-8-16(9-11-17)21(30)25-24-18(29)13-32-22(31)19-15(5)26-28(20(19)23)12-14(3)4/h8-11,14H,6-7,12-13H2,1-5H3,(H,24,29)(H,25,30).